The monoisotopic (exact) mass is 421 g/mol. The molecule has 0 spiro atoms. The molecule has 1 fully saturated rings. The Morgan fingerprint density at radius 3 is 2.63 bits per heavy atom. The summed E-state index contributed by atoms with van der Waals surface area (Å²) in [6, 6.07) is 6.57. The summed E-state index contributed by atoms with van der Waals surface area (Å²) in [4.78, 5) is 30.8. The molecule has 0 bridgehead atoms. The van der Waals surface area contributed by atoms with Crippen LogP contribution in [0.3, 0.4) is 0 Å². The lowest BCUT2D eigenvalue weighted by Crippen LogP contribution is -2.31. The maximum atomic E-state index is 12.8. The molecule has 10 heteroatoms. The molecule has 0 N–H and O–H groups in total. The zero-order valence-electron chi connectivity index (χ0n) is 14.3. The average Bonchev–Trinajstić information content (AvgIpc) is 3.12. The molecule has 0 radical (unpaired) electrons. The predicted molar refractivity (Wildman–Crippen MR) is 103 cm³/mol. The van der Waals surface area contributed by atoms with Gasteiger partial charge < -0.3 is 0 Å². The minimum atomic E-state index is -0.597. The molecule has 27 heavy (non-hydrogen) atoms. The van der Waals surface area contributed by atoms with E-state index >= 15 is 0 Å². The van der Waals surface area contributed by atoms with Crippen molar-refractivity contribution >= 4 is 58.2 Å². The van der Waals surface area contributed by atoms with Crippen LogP contribution >= 0.6 is 35.0 Å². The zero-order chi connectivity index (χ0) is 19.3. The van der Waals surface area contributed by atoms with E-state index < -0.39 is 5.25 Å². The van der Waals surface area contributed by atoms with Crippen molar-refractivity contribution < 1.29 is 9.59 Å². The number of thioether (sulfide) groups is 1. The summed E-state index contributed by atoms with van der Waals surface area (Å²) < 4.78 is 1.78. The third kappa shape index (κ3) is 3.18. The summed E-state index contributed by atoms with van der Waals surface area (Å²) in [5.41, 5.74) is 2.15. The van der Waals surface area contributed by atoms with Crippen LogP contribution in [0.15, 0.2) is 29.4 Å². The highest BCUT2D eigenvalue weighted by Gasteiger charge is 2.41. The second-order valence-electron chi connectivity index (χ2n) is 6.13. The number of aromatic nitrogens is 4. The van der Waals surface area contributed by atoms with Gasteiger partial charge in [-0.3, -0.25) is 14.0 Å². The average molecular weight is 422 g/mol. The number of fused-ring (bicyclic) bond motifs is 1. The number of aryl methyl sites for hydroxylation is 2. The summed E-state index contributed by atoms with van der Waals surface area (Å²) in [5, 5.41) is 8.77. The first kappa shape index (κ1) is 18.2. The highest BCUT2D eigenvalue weighted by atomic mass is 35.5. The molecular formula is C17H13Cl2N5O2S. The molecule has 1 atom stereocenters. The van der Waals surface area contributed by atoms with Gasteiger partial charge in [-0.05, 0) is 38.1 Å². The molecule has 3 aromatic rings. The zero-order valence-corrected chi connectivity index (χ0v) is 16.6. The van der Waals surface area contributed by atoms with Crippen molar-refractivity contribution in [2.45, 2.75) is 30.7 Å². The van der Waals surface area contributed by atoms with Crippen molar-refractivity contribution in [3.63, 3.8) is 0 Å². The Morgan fingerprint density at radius 1 is 1.11 bits per heavy atom. The smallest absolute Gasteiger partial charge is 0.256 e. The van der Waals surface area contributed by atoms with Gasteiger partial charge in [-0.1, -0.05) is 35.0 Å². The van der Waals surface area contributed by atoms with Crippen molar-refractivity contribution in [2.75, 3.05) is 4.90 Å². The van der Waals surface area contributed by atoms with Crippen LogP contribution in [-0.2, 0) is 9.59 Å². The van der Waals surface area contributed by atoms with E-state index in [0.29, 0.717) is 21.6 Å². The third-order valence-electron chi connectivity index (χ3n) is 4.18. The molecule has 138 valence electrons. The summed E-state index contributed by atoms with van der Waals surface area (Å²) in [7, 11) is 0. The van der Waals surface area contributed by atoms with Crippen LogP contribution in [0, 0.1) is 13.8 Å². The number of imide groups is 1. The molecule has 3 heterocycles. The first-order valence-electron chi connectivity index (χ1n) is 8.03. The van der Waals surface area contributed by atoms with E-state index in [1.165, 1.54) is 17.8 Å². The van der Waals surface area contributed by atoms with Gasteiger partial charge in [-0.2, -0.15) is 0 Å². The molecule has 1 saturated heterocycles. The van der Waals surface area contributed by atoms with Gasteiger partial charge in [0.2, 0.25) is 11.8 Å². The molecule has 1 aliphatic heterocycles. The Morgan fingerprint density at radius 2 is 1.89 bits per heavy atom. The number of hydrogen-bond donors (Lipinski definition) is 0. The molecule has 0 saturated carbocycles. The number of anilines is 1. The fourth-order valence-electron chi connectivity index (χ4n) is 3.00. The lowest BCUT2D eigenvalue weighted by Gasteiger charge is -2.15. The fraction of sp³-hybridized carbons (Fsp3) is 0.235. The summed E-state index contributed by atoms with van der Waals surface area (Å²) in [5.74, 6) is -0.152. The lowest BCUT2D eigenvalue weighted by atomic mass is 10.3. The molecule has 1 unspecified atom stereocenters. The Hall–Kier alpha value is -2.16. The van der Waals surface area contributed by atoms with Crippen molar-refractivity contribution in [3.8, 4) is 0 Å². The van der Waals surface area contributed by atoms with Crippen LogP contribution < -0.4 is 4.90 Å². The molecule has 1 aliphatic rings. The number of amides is 2. The summed E-state index contributed by atoms with van der Waals surface area (Å²) in [6.07, 6.45) is 0.0665. The number of hydrogen-bond acceptors (Lipinski definition) is 6. The van der Waals surface area contributed by atoms with Crippen molar-refractivity contribution in [2.24, 2.45) is 0 Å². The van der Waals surface area contributed by atoms with Gasteiger partial charge in [-0.25, -0.2) is 9.88 Å². The topological polar surface area (TPSA) is 80.5 Å². The second kappa shape index (κ2) is 6.78. The number of benzene rings is 1. The first-order chi connectivity index (χ1) is 12.8. The van der Waals surface area contributed by atoms with Gasteiger partial charge in [-0.15, -0.1) is 10.2 Å². The Bertz CT molecular complexity index is 1100. The number of carbonyl (C=O) groups is 2. The predicted octanol–water partition coefficient (Wildman–Crippen LogP) is 3.47. The Kier molecular flexibility index (Phi) is 4.57. The molecule has 2 amide bonds. The van der Waals surface area contributed by atoms with Crippen LogP contribution in [0.2, 0.25) is 10.0 Å². The largest absolute Gasteiger partial charge is 0.274 e. The molecule has 0 aliphatic carbocycles. The Labute approximate surface area is 168 Å². The van der Waals surface area contributed by atoms with Gasteiger partial charge in [0.15, 0.2) is 5.16 Å². The SMILES string of the molecule is Cc1cc(C)n2c(SC3CC(=O)N(c4ccc(Cl)c(Cl)c4)C3=O)nnc2n1. The number of nitrogens with zero attached hydrogens (tertiary/aromatic N) is 5. The molecule has 2 aromatic heterocycles. The molecule has 1 aromatic carbocycles. The molecule has 4 rings (SSSR count). The van der Waals surface area contributed by atoms with Crippen molar-refractivity contribution in [3.05, 3.63) is 45.7 Å². The lowest BCUT2D eigenvalue weighted by molar-refractivity contribution is -0.121. The van der Waals surface area contributed by atoms with E-state index in [0.717, 1.165) is 16.3 Å². The maximum Gasteiger partial charge on any atom is 0.256 e. The number of halogens is 2. The second-order valence-corrected chi connectivity index (χ2v) is 8.12. The third-order valence-corrected chi connectivity index (χ3v) is 6.04. The van der Waals surface area contributed by atoms with Gasteiger partial charge in [0, 0.05) is 17.8 Å². The van der Waals surface area contributed by atoms with Gasteiger partial charge in [0.05, 0.1) is 15.7 Å². The quantitative estimate of drug-likeness (QED) is 0.602. The maximum absolute atomic E-state index is 12.8. The normalized spacial score (nSPS) is 17.3. The highest BCUT2D eigenvalue weighted by Crippen LogP contribution is 2.35. The number of carbonyl (C=O) groups excluding carboxylic acids is 2. The fourth-order valence-corrected chi connectivity index (χ4v) is 4.39. The minimum Gasteiger partial charge on any atom is -0.274 e. The van der Waals surface area contributed by atoms with Crippen LogP contribution in [-0.4, -0.2) is 36.6 Å². The van der Waals surface area contributed by atoms with E-state index in [-0.39, 0.29) is 23.3 Å². The minimum absolute atomic E-state index is 0.0665. The summed E-state index contributed by atoms with van der Waals surface area (Å²) in [6.45, 7) is 3.79. The van der Waals surface area contributed by atoms with Crippen LogP contribution in [0.5, 0.6) is 0 Å². The standard InChI is InChI=1S/C17H13Cl2N5O2S/c1-8-5-9(2)23-16(20-8)21-22-17(23)27-13-7-14(25)24(15(13)26)10-3-4-11(18)12(19)6-10/h3-6,13H,7H2,1-2H3. The Balaban J connectivity index is 1.64. The van der Waals surface area contributed by atoms with E-state index in [1.54, 1.807) is 16.5 Å². The van der Waals surface area contributed by atoms with Crippen LogP contribution in [0.25, 0.3) is 5.78 Å². The van der Waals surface area contributed by atoms with E-state index in [4.69, 9.17) is 23.2 Å². The summed E-state index contributed by atoms with van der Waals surface area (Å²) >= 11 is 13.1. The van der Waals surface area contributed by atoms with E-state index in [1.807, 2.05) is 19.9 Å². The van der Waals surface area contributed by atoms with Crippen molar-refractivity contribution in [1.29, 1.82) is 0 Å². The molecular weight excluding hydrogens is 409 g/mol. The van der Waals surface area contributed by atoms with E-state index in [9.17, 15) is 9.59 Å². The number of rotatable bonds is 3. The van der Waals surface area contributed by atoms with Gasteiger partial charge in [0.25, 0.3) is 5.78 Å². The van der Waals surface area contributed by atoms with Crippen LogP contribution in [0.1, 0.15) is 17.8 Å². The highest BCUT2D eigenvalue weighted by molar-refractivity contribution is 8.00. The van der Waals surface area contributed by atoms with Crippen molar-refractivity contribution in [1.82, 2.24) is 19.6 Å². The van der Waals surface area contributed by atoms with Crippen LogP contribution in [0.4, 0.5) is 5.69 Å². The molecule has 7 nitrogen and oxygen atoms in total. The van der Waals surface area contributed by atoms with Gasteiger partial charge >= 0.3 is 0 Å². The van der Waals surface area contributed by atoms with E-state index in [2.05, 4.69) is 15.2 Å². The van der Waals surface area contributed by atoms with Gasteiger partial charge in [0.1, 0.15) is 5.25 Å². The first-order valence-corrected chi connectivity index (χ1v) is 9.66.